The van der Waals surface area contributed by atoms with E-state index in [1.165, 1.54) is 0 Å². The molecule has 0 spiro atoms. The Morgan fingerprint density at radius 1 is 1.00 bits per heavy atom. The molecule has 3 aromatic carbocycles. The number of carbonyl (C=O) groups is 1. The Bertz CT molecular complexity index is 1090. The zero-order valence-corrected chi connectivity index (χ0v) is 18.9. The van der Waals surface area contributed by atoms with Crippen molar-refractivity contribution in [3.63, 3.8) is 0 Å². The van der Waals surface area contributed by atoms with Gasteiger partial charge in [0.25, 0.3) is 5.91 Å². The fraction of sp³-hybridized carbons (Fsp3) is 0.231. The summed E-state index contributed by atoms with van der Waals surface area (Å²) in [5.41, 5.74) is 10.7. The lowest BCUT2D eigenvalue weighted by molar-refractivity contribution is 0.102. The second-order valence-corrected chi connectivity index (χ2v) is 7.93. The zero-order valence-electron chi connectivity index (χ0n) is 18.9. The fourth-order valence-corrected chi connectivity index (χ4v) is 3.70. The smallest absolute Gasteiger partial charge is 0.255 e. The molecule has 0 aliphatic heterocycles. The number of benzene rings is 3. The van der Waals surface area contributed by atoms with Crippen molar-refractivity contribution in [2.75, 3.05) is 16.8 Å². The van der Waals surface area contributed by atoms with Crippen molar-refractivity contribution in [3.8, 4) is 11.1 Å². The summed E-state index contributed by atoms with van der Waals surface area (Å²) in [7, 11) is 0. The van der Waals surface area contributed by atoms with Crippen molar-refractivity contribution in [1.29, 1.82) is 0 Å². The minimum absolute atomic E-state index is 0.155. The van der Waals surface area contributed by atoms with Gasteiger partial charge in [-0.05, 0) is 61.7 Å². The number of carbonyl (C=O) groups excluding carboxylic acids is 1. The second-order valence-electron chi connectivity index (χ2n) is 7.93. The molecule has 1 amide bonds. The topological polar surface area (TPSA) is 96.7 Å². The van der Waals surface area contributed by atoms with Gasteiger partial charge in [0.15, 0.2) is 5.84 Å². The summed E-state index contributed by atoms with van der Waals surface area (Å²) in [5, 5.41) is 6.62. The molecule has 0 saturated carbocycles. The summed E-state index contributed by atoms with van der Waals surface area (Å²) >= 11 is 0. The third kappa shape index (κ3) is 5.27. The molecule has 0 atom stereocenters. The minimum atomic E-state index is -0.219. The molecule has 0 aliphatic carbocycles. The van der Waals surface area contributed by atoms with Crippen LogP contribution in [0, 0.1) is 0 Å². The van der Waals surface area contributed by atoms with E-state index in [-0.39, 0.29) is 11.7 Å². The lowest BCUT2D eigenvalue weighted by Crippen LogP contribution is -2.31. The van der Waals surface area contributed by atoms with E-state index < -0.39 is 0 Å². The van der Waals surface area contributed by atoms with Crippen molar-refractivity contribution < 1.29 is 4.79 Å². The van der Waals surface area contributed by atoms with E-state index in [1.807, 2.05) is 72.8 Å². The number of nitrogens with one attached hydrogen (secondary N) is 1. The Morgan fingerprint density at radius 2 is 1.75 bits per heavy atom. The van der Waals surface area contributed by atoms with Crippen LogP contribution in [0.4, 0.5) is 11.4 Å². The van der Waals surface area contributed by atoms with Gasteiger partial charge in [0.2, 0.25) is 0 Å². The number of amides is 1. The zero-order chi connectivity index (χ0) is 23.1. The molecule has 0 aromatic heterocycles. The molecule has 0 radical (unpaired) electrons. The lowest BCUT2D eigenvalue weighted by Gasteiger charge is -2.29. The summed E-state index contributed by atoms with van der Waals surface area (Å²) < 4.78 is 0. The number of hydrazone groups is 1. The number of hydrogen-bond donors (Lipinski definition) is 3. The molecule has 0 aliphatic rings. The Balaban J connectivity index is 1.95. The molecule has 0 fully saturated rings. The first kappa shape index (κ1) is 22.9. The van der Waals surface area contributed by atoms with Crippen LogP contribution in [0.15, 0.2) is 77.9 Å². The van der Waals surface area contributed by atoms with Crippen LogP contribution >= 0.6 is 0 Å². The van der Waals surface area contributed by atoms with E-state index in [4.69, 9.17) is 11.6 Å². The summed E-state index contributed by atoms with van der Waals surface area (Å²) in [5.74, 6) is 5.35. The van der Waals surface area contributed by atoms with Crippen LogP contribution in [-0.2, 0) is 0 Å². The highest BCUT2D eigenvalue weighted by atomic mass is 16.1. The molecule has 5 N–H and O–H groups in total. The van der Waals surface area contributed by atoms with E-state index in [2.05, 4.69) is 36.1 Å². The number of anilines is 2. The summed E-state index contributed by atoms with van der Waals surface area (Å²) in [6, 6.07) is 23.6. The Labute approximate surface area is 189 Å². The number of rotatable bonds is 8. The summed E-state index contributed by atoms with van der Waals surface area (Å²) in [6.07, 6.45) is 1.03. The maximum absolute atomic E-state index is 13.2. The number of nitrogens with two attached hydrogens (primary N) is 2. The Kier molecular flexibility index (Phi) is 7.49. The van der Waals surface area contributed by atoms with Gasteiger partial charge in [-0.15, -0.1) is 0 Å². The second kappa shape index (κ2) is 10.5. The van der Waals surface area contributed by atoms with E-state index in [0.717, 1.165) is 29.8 Å². The SMILES string of the molecule is CCCN(c1cccc(C(=O)Nc2cc(-c3ccccc3)ccc2/C(N)=N/N)c1)C(C)C. The largest absolute Gasteiger partial charge is 0.382 e. The Hall–Kier alpha value is -3.80. The molecule has 166 valence electrons. The van der Waals surface area contributed by atoms with Gasteiger partial charge in [0.1, 0.15) is 0 Å². The van der Waals surface area contributed by atoms with Crippen LogP contribution in [0.1, 0.15) is 43.1 Å². The third-order valence-electron chi connectivity index (χ3n) is 5.32. The van der Waals surface area contributed by atoms with Crippen molar-refractivity contribution >= 4 is 23.1 Å². The van der Waals surface area contributed by atoms with Crippen LogP contribution in [0.3, 0.4) is 0 Å². The molecule has 3 rings (SSSR count). The van der Waals surface area contributed by atoms with E-state index in [0.29, 0.717) is 22.9 Å². The van der Waals surface area contributed by atoms with Crippen molar-refractivity contribution in [3.05, 3.63) is 83.9 Å². The van der Waals surface area contributed by atoms with E-state index in [9.17, 15) is 4.79 Å². The minimum Gasteiger partial charge on any atom is -0.382 e. The van der Waals surface area contributed by atoms with Gasteiger partial charge in [-0.3, -0.25) is 4.79 Å². The van der Waals surface area contributed by atoms with Gasteiger partial charge in [0.05, 0.1) is 5.69 Å². The van der Waals surface area contributed by atoms with Crippen LogP contribution in [0.2, 0.25) is 0 Å². The average molecular weight is 430 g/mol. The van der Waals surface area contributed by atoms with Crippen molar-refractivity contribution in [2.45, 2.75) is 33.2 Å². The van der Waals surface area contributed by atoms with Crippen molar-refractivity contribution in [2.24, 2.45) is 16.7 Å². The highest BCUT2D eigenvalue weighted by Gasteiger charge is 2.15. The quantitative estimate of drug-likeness (QED) is 0.207. The summed E-state index contributed by atoms with van der Waals surface area (Å²) in [4.78, 5) is 15.5. The molecule has 6 heteroatoms. The van der Waals surface area contributed by atoms with Crippen LogP contribution in [-0.4, -0.2) is 24.3 Å². The third-order valence-corrected chi connectivity index (χ3v) is 5.32. The monoisotopic (exact) mass is 429 g/mol. The summed E-state index contributed by atoms with van der Waals surface area (Å²) in [6.45, 7) is 7.38. The van der Waals surface area contributed by atoms with Crippen LogP contribution in [0.5, 0.6) is 0 Å². The number of amidine groups is 1. The van der Waals surface area contributed by atoms with Crippen LogP contribution in [0.25, 0.3) is 11.1 Å². The maximum atomic E-state index is 13.2. The first-order valence-corrected chi connectivity index (χ1v) is 10.9. The fourth-order valence-electron chi connectivity index (χ4n) is 3.70. The standard InChI is InChI=1S/C26H31N5O/c1-4-15-31(18(2)3)22-12-8-11-21(16-22)26(32)29-24-17-20(19-9-6-5-7-10-19)13-14-23(24)25(27)30-28/h5-14,16-18H,4,15,28H2,1-3H3,(H2,27,30)(H,29,32). The van der Waals surface area contributed by atoms with Gasteiger partial charge in [-0.25, -0.2) is 0 Å². The molecular formula is C26H31N5O. The maximum Gasteiger partial charge on any atom is 0.255 e. The highest BCUT2D eigenvalue weighted by Crippen LogP contribution is 2.27. The molecule has 3 aromatic rings. The predicted octanol–water partition coefficient (Wildman–Crippen LogP) is 4.81. The molecule has 6 nitrogen and oxygen atoms in total. The van der Waals surface area contributed by atoms with Gasteiger partial charge in [-0.2, -0.15) is 5.10 Å². The first-order valence-electron chi connectivity index (χ1n) is 10.9. The Morgan fingerprint density at radius 3 is 2.41 bits per heavy atom. The average Bonchev–Trinajstić information content (AvgIpc) is 2.82. The molecule has 32 heavy (non-hydrogen) atoms. The first-order chi connectivity index (χ1) is 15.4. The van der Waals surface area contributed by atoms with Gasteiger partial charge in [-0.1, -0.05) is 49.4 Å². The number of nitrogens with zero attached hydrogens (tertiary/aromatic N) is 2. The molecule has 0 heterocycles. The van der Waals surface area contributed by atoms with Gasteiger partial charge < -0.3 is 21.8 Å². The van der Waals surface area contributed by atoms with E-state index in [1.54, 1.807) is 0 Å². The molecular weight excluding hydrogens is 398 g/mol. The molecule has 0 saturated heterocycles. The normalized spacial score (nSPS) is 11.4. The van der Waals surface area contributed by atoms with Crippen LogP contribution < -0.4 is 21.8 Å². The van der Waals surface area contributed by atoms with E-state index >= 15 is 0 Å². The van der Waals surface area contributed by atoms with Crippen molar-refractivity contribution in [1.82, 2.24) is 0 Å². The lowest BCUT2D eigenvalue weighted by atomic mass is 10.0. The van der Waals surface area contributed by atoms with Gasteiger partial charge in [0, 0.05) is 29.4 Å². The van der Waals surface area contributed by atoms with Gasteiger partial charge >= 0.3 is 0 Å². The predicted molar refractivity (Wildman–Crippen MR) is 134 cm³/mol. The molecule has 0 unspecified atom stereocenters. The molecule has 0 bridgehead atoms. The number of hydrogen-bond acceptors (Lipinski definition) is 4. The highest BCUT2D eigenvalue weighted by molar-refractivity contribution is 6.10.